The minimum absolute atomic E-state index is 0.0263. The zero-order chi connectivity index (χ0) is 42.4. The van der Waals surface area contributed by atoms with Gasteiger partial charge in [-0.15, -0.1) is 11.8 Å². The summed E-state index contributed by atoms with van der Waals surface area (Å²) < 4.78 is 29.5. The molecule has 4 atom stereocenters. The van der Waals surface area contributed by atoms with E-state index in [1.807, 2.05) is 4.90 Å². The third kappa shape index (κ3) is 17.3. The standard InChI is InChI=1S/C43H61N5O11S/c49-40(50)38-14-8-10-33(45-38)28-47-17-21-55-25-26-56-22-18-48(29-34-11-9-15-39(46-34)41(51)52)20-24-59-43(54,31-57-23-19-47)32-60-27-7-3-6-16-44-42(53)58-30-37-35-12-4-1-2-5-13-36(35)37/h8-11,14-15,35-37,54H,3-7,12-13,16-32H2,(H,44,53)(H,49,50)(H,51,52)/t35-,36+,37?,43-/m1/s1. The molecule has 3 heterocycles. The van der Waals surface area contributed by atoms with Crippen molar-refractivity contribution in [1.82, 2.24) is 25.1 Å². The summed E-state index contributed by atoms with van der Waals surface area (Å²) in [5.74, 6) is 5.42. The Bertz CT molecular complexity index is 1690. The first-order valence-electron chi connectivity index (χ1n) is 21.1. The van der Waals surface area contributed by atoms with Gasteiger partial charge in [0.25, 0.3) is 0 Å². The number of fused-ring (bicyclic) bond motifs is 1. The van der Waals surface area contributed by atoms with Crippen LogP contribution in [0.3, 0.4) is 0 Å². The topological polar surface area (TPSA) is 202 Å². The van der Waals surface area contributed by atoms with E-state index in [1.54, 1.807) is 36.0 Å². The molecule has 0 bridgehead atoms. The predicted molar refractivity (Wildman–Crippen MR) is 224 cm³/mol. The van der Waals surface area contributed by atoms with E-state index in [-0.39, 0.29) is 43.1 Å². The minimum atomic E-state index is -1.60. The van der Waals surface area contributed by atoms with Gasteiger partial charge in [0.1, 0.15) is 18.0 Å². The number of alkyl carbamates (subject to hydrolysis) is 1. The lowest BCUT2D eigenvalue weighted by molar-refractivity contribution is -0.218. The predicted octanol–water partition coefficient (Wildman–Crippen LogP) is 4.02. The number of aromatic carboxylic acids is 2. The molecule has 1 saturated carbocycles. The Morgan fingerprint density at radius 3 is 1.93 bits per heavy atom. The number of hydrogen-bond acceptors (Lipinski definition) is 14. The molecule has 5 rings (SSSR count). The first-order valence-corrected chi connectivity index (χ1v) is 22.2. The Hall–Kier alpha value is -3.86. The van der Waals surface area contributed by atoms with Gasteiger partial charge < -0.3 is 44.3 Å². The summed E-state index contributed by atoms with van der Waals surface area (Å²) in [5.41, 5.74) is 1.14. The average molecular weight is 856 g/mol. The molecule has 0 radical (unpaired) electrons. The summed E-state index contributed by atoms with van der Waals surface area (Å²) in [4.78, 5) is 48.0. The van der Waals surface area contributed by atoms with E-state index < -0.39 is 17.7 Å². The first kappa shape index (κ1) is 47.2. The van der Waals surface area contributed by atoms with Crippen molar-refractivity contribution in [2.45, 2.75) is 63.8 Å². The van der Waals surface area contributed by atoms with Gasteiger partial charge in [-0.3, -0.25) is 9.80 Å². The summed E-state index contributed by atoms with van der Waals surface area (Å²) >= 11 is 1.57. The number of ether oxygens (including phenoxy) is 5. The maximum atomic E-state index is 12.3. The molecular weight excluding hydrogens is 795 g/mol. The molecule has 1 amide bonds. The number of carboxylic acids is 2. The molecule has 1 saturated heterocycles. The van der Waals surface area contributed by atoms with Crippen LogP contribution in [-0.2, 0) is 36.8 Å². The zero-order valence-corrected chi connectivity index (χ0v) is 35.3. The Morgan fingerprint density at radius 1 is 0.783 bits per heavy atom. The molecule has 1 unspecified atom stereocenters. The number of nitrogens with zero attached hydrogens (tertiary/aromatic N) is 4. The lowest BCUT2D eigenvalue weighted by Gasteiger charge is -2.30. The molecule has 2 aromatic rings. The Morgan fingerprint density at radius 2 is 1.35 bits per heavy atom. The van der Waals surface area contributed by atoms with Gasteiger partial charge in [0.05, 0.1) is 57.6 Å². The number of pyridine rings is 2. The molecule has 0 aromatic carbocycles. The molecule has 330 valence electrons. The smallest absolute Gasteiger partial charge is 0.407 e. The number of carbonyl (C=O) groups excluding carboxylic acids is 1. The second kappa shape index (κ2) is 25.8. The Balaban J connectivity index is 1.09. The third-order valence-electron chi connectivity index (χ3n) is 10.8. The van der Waals surface area contributed by atoms with E-state index in [9.17, 15) is 29.7 Å². The highest BCUT2D eigenvalue weighted by atomic mass is 32.2. The van der Waals surface area contributed by atoms with Crippen LogP contribution in [-0.4, -0.2) is 156 Å². The SMILES string of the molecule is O=C(NCCCCCSC[C@@]1(O)COCCN(Cc2cccc(C(=O)O)n2)CCOCCOCCN(Cc2cccc(C(=O)O)n2)CCO1)OCC1[C@H]2CCC#CCC[C@@H]12. The molecule has 2 aromatic heterocycles. The van der Waals surface area contributed by atoms with Gasteiger partial charge in [-0.2, -0.15) is 11.8 Å². The van der Waals surface area contributed by atoms with Crippen LogP contribution in [0.4, 0.5) is 4.79 Å². The van der Waals surface area contributed by atoms with Crippen LogP contribution < -0.4 is 5.32 Å². The quantitative estimate of drug-likeness (QED) is 0.139. The molecule has 3 aliphatic rings. The van der Waals surface area contributed by atoms with Crippen molar-refractivity contribution < 1.29 is 53.4 Å². The summed E-state index contributed by atoms with van der Waals surface area (Å²) in [7, 11) is 0. The molecule has 2 fully saturated rings. The number of aromatic nitrogens is 2. The maximum absolute atomic E-state index is 12.3. The van der Waals surface area contributed by atoms with E-state index in [1.165, 1.54) is 12.1 Å². The average Bonchev–Trinajstić information content (AvgIpc) is 3.88. The molecule has 17 heteroatoms. The second-order valence-corrected chi connectivity index (χ2v) is 16.4. The van der Waals surface area contributed by atoms with E-state index in [4.69, 9.17) is 23.7 Å². The number of amides is 1. The number of thioether (sulfide) groups is 1. The van der Waals surface area contributed by atoms with Crippen LogP contribution in [0.1, 0.15) is 77.3 Å². The molecular formula is C43H61N5O11S. The summed E-state index contributed by atoms with van der Waals surface area (Å²) in [6, 6.07) is 9.80. The molecule has 16 nitrogen and oxygen atoms in total. The molecule has 2 aliphatic carbocycles. The number of aliphatic hydroxyl groups is 1. The van der Waals surface area contributed by atoms with Crippen LogP contribution in [0.2, 0.25) is 0 Å². The van der Waals surface area contributed by atoms with Gasteiger partial charge in [0, 0.05) is 64.4 Å². The monoisotopic (exact) mass is 855 g/mol. The molecule has 4 N–H and O–H groups in total. The van der Waals surface area contributed by atoms with Crippen molar-refractivity contribution in [3.05, 3.63) is 59.2 Å². The van der Waals surface area contributed by atoms with Crippen molar-refractivity contribution in [2.75, 3.05) is 97.1 Å². The highest BCUT2D eigenvalue weighted by Crippen LogP contribution is 2.52. The van der Waals surface area contributed by atoms with E-state index in [0.29, 0.717) is 108 Å². The summed E-state index contributed by atoms with van der Waals surface area (Å²) in [6.45, 7) is 5.58. The highest BCUT2D eigenvalue weighted by Gasteiger charge is 2.49. The van der Waals surface area contributed by atoms with Gasteiger partial charge >= 0.3 is 18.0 Å². The van der Waals surface area contributed by atoms with Crippen molar-refractivity contribution in [3.8, 4) is 11.8 Å². The van der Waals surface area contributed by atoms with Crippen LogP contribution in [0.15, 0.2) is 36.4 Å². The van der Waals surface area contributed by atoms with Crippen LogP contribution >= 0.6 is 11.8 Å². The van der Waals surface area contributed by atoms with Crippen LogP contribution in [0.25, 0.3) is 0 Å². The molecule has 1 aliphatic heterocycles. The van der Waals surface area contributed by atoms with Gasteiger partial charge in [-0.25, -0.2) is 24.4 Å². The van der Waals surface area contributed by atoms with E-state index >= 15 is 0 Å². The number of rotatable bonds is 16. The summed E-state index contributed by atoms with van der Waals surface area (Å²) in [6.07, 6.45) is 6.31. The van der Waals surface area contributed by atoms with E-state index in [0.717, 1.165) is 50.7 Å². The van der Waals surface area contributed by atoms with Gasteiger partial charge in [-0.1, -0.05) is 18.6 Å². The normalized spacial score (nSPS) is 23.9. The second-order valence-electron chi connectivity index (χ2n) is 15.3. The van der Waals surface area contributed by atoms with Crippen molar-refractivity contribution in [1.29, 1.82) is 0 Å². The highest BCUT2D eigenvalue weighted by molar-refractivity contribution is 7.99. The lowest BCUT2D eigenvalue weighted by atomic mass is 10.1. The first-order chi connectivity index (χ1) is 29.2. The Kier molecular flexibility index (Phi) is 20.3. The minimum Gasteiger partial charge on any atom is -0.477 e. The van der Waals surface area contributed by atoms with Crippen molar-refractivity contribution in [2.24, 2.45) is 17.8 Å². The van der Waals surface area contributed by atoms with Gasteiger partial charge in [-0.05, 0) is 73.5 Å². The largest absolute Gasteiger partial charge is 0.477 e. The van der Waals surface area contributed by atoms with E-state index in [2.05, 4.69) is 32.0 Å². The van der Waals surface area contributed by atoms with Crippen molar-refractivity contribution >= 4 is 29.8 Å². The molecule has 0 spiro atoms. The fourth-order valence-electron chi connectivity index (χ4n) is 7.43. The zero-order valence-electron chi connectivity index (χ0n) is 34.5. The maximum Gasteiger partial charge on any atom is 0.407 e. The van der Waals surface area contributed by atoms with Crippen molar-refractivity contribution in [3.63, 3.8) is 0 Å². The van der Waals surface area contributed by atoms with Gasteiger partial charge in [0.15, 0.2) is 5.79 Å². The number of nitrogens with one attached hydrogen (secondary N) is 1. The fourth-order valence-corrected chi connectivity index (χ4v) is 8.47. The third-order valence-corrected chi connectivity index (χ3v) is 12.0. The molecule has 60 heavy (non-hydrogen) atoms. The summed E-state index contributed by atoms with van der Waals surface area (Å²) in [5, 5.41) is 33.5. The van der Waals surface area contributed by atoms with Crippen LogP contribution in [0.5, 0.6) is 0 Å². The van der Waals surface area contributed by atoms with Gasteiger partial charge in [0.2, 0.25) is 0 Å². The fraction of sp³-hybridized carbons (Fsp3) is 0.651. The number of carboxylic acid groups (broad SMARTS) is 2. The Labute approximate surface area is 357 Å². The van der Waals surface area contributed by atoms with Crippen LogP contribution in [0, 0.1) is 29.6 Å². The number of hydrogen-bond donors (Lipinski definition) is 4. The number of unbranched alkanes of at least 4 members (excludes halogenated alkanes) is 2. The number of carbonyl (C=O) groups is 3. The lowest BCUT2D eigenvalue weighted by Crippen LogP contribution is -2.44.